The molecule has 1 amide bonds. The van der Waals surface area contributed by atoms with E-state index in [-0.39, 0.29) is 18.2 Å². The highest BCUT2D eigenvalue weighted by molar-refractivity contribution is 14.1. The minimum atomic E-state index is -0.797. The summed E-state index contributed by atoms with van der Waals surface area (Å²) < 4.78 is 1.78. The van der Waals surface area contributed by atoms with Gasteiger partial charge in [0, 0.05) is 27.6 Å². The fourth-order valence-corrected chi connectivity index (χ4v) is 3.17. The molecule has 1 heterocycles. The van der Waals surface area contributed by atoms with E-state index in [1.165, 1.54) is 0 Å². The summed E-state index contributed by atoms with van der Waals surface area (Å²) in [6.07, 6.45) is 0.900. The molecule has 102 valence electrons. The third-order valence-corrected chi connectivity index (χ3v) is 4.56. The van der Waals surface area contributed by atoms with Crippen molar-refractivity contribution in [3.05, 3.63) is 31.8 Å². The molecule has 1 aromatic rings. The third-order valence-electron chi connectivity index (χ3n) is 3.20. The lowest BCUT2D eigenvalue weighted by atomic mass is 10.1. The van der Waals surface area contributed by atoms with Crippen LogP contribution in [0.4, 0.5) is 0 Å². The summed E-state index contributed by atoms with van der Waals surface area (Å²) in [6.45, 7) is 1.16. The summed E-state index contributed by atoms with van der Waals surface area (Å²) in [4.78, 5) is 24.8. The quantitative estimate of drug-likeness (QED) is 0.739. The first-order valence-corrected chi connectivity index (χ1v) is 7.80. The van der Waals surface area contributed by atoms with Gasteiger partial charge in [0.2, 0.25) is 0 Å². The second-order valence-corrected chi connectivity index (χ2v) is 6.73. The van der Waals surface area contributed by atoms with Gasteiger partial charge in [0.05, 0.1) is 5.56 Å². The molecule has 1 saturated heterocycles. The predicted octanol–water partition coefficient (Wildman–Crippen LogP) is 2.99. The average Bonchev–Trinajstić information content (AvgIpc) is 2.79. The molecule has 1 aliphatic heterocycles. The van der Waals surface area contributed by atoms with Crippen LogP contribution in [0.5, 0.6) is 0 Å². The van der Waals surface area contributed by atoms with Gasteiger partial charge in [-0.3, -0.25) is 9.59 Å². The Morgan fingerprint density at radius 3 is 2.89 bits per heavy atom. The Hall–Kier alpha value is -0.630. The first-order valence-electron chi connectivity index (χ1n) is 5.93. The van der Waals surface area contributed by atoms with E-state index in [4.69, 9.17) is 5.11 Å². The Morgan fingerprint density at radius 2 is 2.21 bits per heavy atom. The van der Waals surface area contributed by atoms with Gasteiger partial charge in [-0.15, -0.1) is 0 Å². The fourth-order valence-electron chi connectivity index (χ4n) is 2.26. The Bertz CT molecular complexity index is 521. The van der Waals surface area contributed by atoms with E-state index < -0.39 is 5.97 Å². The Morgan fingerprint density at radius 1 is 1.47 bits per heavy atom. The normalized spacial score (nSPS) is 18.6. The summed E-state index contributed by atoms with van der Waals surface area (Å²) in [7, 11) is 0. The number of hydrogen-bond acceptors (Lipinski definition) is 2. The van der Waals surface area contributed by atoms with Gasteiger partial charge < -0.3 is 10.0 Å². The lowest BCUT2D eigenvalue weighted by Gasteiger charge is -2.17. The molecule has 2 rings (SSSR count). The van der Waals surface area contributed by atoms with Crippen molar-refractivity contribution in [2.24, 2.45) is 5.92 Å². The van der Waals surface area contributed by atoms with Crippen LogP contribution in [-0.2, 0) is 4.79 Å². The maximum Gasteiger partial charge on any atom is 0.303 e. The largest absolute Gasteiger partial charge is 0.481 e. The zero-order valence-corrected chi connectivity index (χ0v) is 13.8. The van der Waals surface area contributed by atoms with Crippen LogP contribution < -0.4 is 0 Å². The lowest BCUT2D eigenvalue weighted by Crippen LogP contribution is -2.29. The highest BCUT2D eigenvalue weighted by Gasteiger charge is 2.29. The van der Waals surface area contributed by atoms with Crippen LogP contribution in [-0.4, -0.2) is 35.0 Å². The molecule has 0 aliphatic carbocycles. The molecular formula is C13H13BrINO3. The first kappa shape index (κ1) is 14.8. The number of halogens is 2. The minimum absolute atomic E-state index is 0.0294. The second kappa shape index (κ2) is 6.21. The van der Waals surface area contributed by atoms with E-state index in [0.717, 1.165) is 14.5 Å². The van der Waals surface area contributed by atoms with E-state index in [1.807, 2.05) is 18.2 Å². The molecule has 0 saturated carbocycles. The molecule has 4 nitrogen and oxygen atoms in total. The first-order chi connectivity index (χ1) is 8.97. The van der Waals surface area contributed by atoms with E-state index in [2.05, 4.69) is 38.5 Å². The molecule has 1 unspecified atom stereocenters. The molecule has 1 aromatic carbocycles. The van der Waals surface area contributed by atoms with E-state index in [9.17, 15) is 9.59 Å². The van der Waals surface area contributed by atoms with Gasteiger partial charge in [0.15, 0.2) is 0 Å². The maximum atomic E-state index is 12.4. The van der Waals surface area contributed by atoms with Crippen LogP contribution >= 0.6 is 38.5 Å². The molecular weight excluding hydrogens is 425 g/mol. The monoisotopic (exact) mass is 437 g/mol. The molecule has 0 bridgehead atoms. The smallest absolute Gasteiger partial charge is 0.303 e. The second-order valence-electron chi connectivity index (χ2n) is 4.63. The predicted molar refractivity (Wildman–Crippen MR) is 83.1 cm³/mol. The number of nitrogens with zero attached hydrogens (tertiary/aromatic N) is 1. The van der Waals surface area contributed by atoms with Crippen molar-refractivity contribution in [3.8, 4) is 0 Å². The van der Waals surface area contributed by atoms with Crippen molar-refractivity contribution in [2.75, 3.05) is 13.1 Å². The minimum Gasteiger partial charge on any atom is -0.481 e. The number of amides is 1. The number of carboxylic acids is 1. The highest BCUT2D eigenvalue weighted by atomic mass is 127. The van der Waals surface area contributed by atoms with Crippen molar-refractivity contribution >= 4 is 50.4 Å². The van der Waals surface area contributed by atoms with Crippen molar-refractivity contribution in [1.29, 1.82) is 0 Å². The number of likely N-dealkylation sites (tertiary alicyclic amines) is 1. The number of benzene rings is 1. The van der Waals surface area contributed by atoms with Crippen LogP contribution in [0.3, 0.4) is 0 Å². The topological polar surface area (TPSA) is 57.6 Å². The van der Waals surface area contributed by atoms with Gasteiger partial charge in [0.1, 0.15) is 0 Å². The molecule has 0 spiro atoms. The molecule has 0 aromatic heterocycles. The molecule has 1 fully saturated rings. The van der Waals surface area contributed by atoms with E-state index in [0.29, 0.717) is 18.7 Å². The van der Waals surface area contributed by atoms with Gasteiger partial charge in [0.25, 0.3) is 5.91 Å². The third kappa shape index (κ3) is 3.68. The van der Waals surface area contributed by atoms with Crippen molar-refractivity contribution in [1.82, 2.24) is 4.90 Å². The molecule has 1 N–H and O–H groups in total. The van der Waals surface area contributed by atoms with Crippen LogP contribution in [0.1, 0.15) is 23.2 Å². The van der Waals surface area contributed by atoms with Gasteiger partial charge in [-0.2, -0.15) is 0 Å². The Labute approximate surface area is 133 Å². The molecule has 6 heteroatoms. The van der Waals surface area contributed by atoms with Gasteiger partial charge in [-0.1, -0.05) is 0 Å². The number of aliphatic carboxylic acids is 1. The Balaban J connectivity index is 2.09. The summed E-state index contributed by atoms with van der Waals surface area (Å²) in [5, 5.41) is 8.78. The summed E-state index contributed by atoms with van der Waals surface area (Å²) in [6, 6.07) is 5.63. The van der Waals surface area contributed by atoms with E-state index >= 15 is 0 Å². The zero-order chi connectivity index (χ0) is 14.0. The summed E-state index contributed by atoms with van der Waals surface area (Å²) in [5.41, 5.74) is 0.642. The number of rotatable bonds is 3. The SMILES string of the molecule is O=C(O)CC1CCN(C(=O)c2cc(I)ccc2Br)C1. The highest BCUT2D eigenvalue weighted by Crippen LogP contribution is 2.25. The number of hydrogen-bond donors (Lipinski definition) is 1. The summed E-state index contributed by atoms with van der Waals surface area (Å²) in [5.74, 6) is -0.754. The zero-order valence-electron chi connectivity index (χ0n) is 10.1. The van der Waals surface area contributed by atoms with Gasteiger partial charge in [-0.05, 0) is 69.1 Å². The molecule has 19 heavy (non-hydrogen) atoms. The number of carboxylic acid groups (broad SMARTS) is 1. The van der Waals surface area contributed by atoms with Crippen molar-refractivity contribution in [2.45, 2.75) is 12.8 Å². The molecule has 1 atom stereocenters. The van der Waals surface area contributed by atoms with Gasteiger partial charge in [-0.25, -0.2) is 0 Å². The van der Waals surface area contributed by atoms with Crippen LogP contribution in [0.15, 0.2) is 22.7 Å². The standard InChI is InChI=1S/C13H13BrINO3/c14-11-2-1-9(15)6-10(11)13(19)16-4-3-8(7-16)5-12(17)18/h1-2,6,8H,3-5,7H2,(H,17,18). The number of carbonyl (C=O) groups excluding carboxylic acids is 1. The molecule has 0 radical (unpaired) electrons. The lowest BCUT2D eigenvalue weighted by molar-refractivity contribution is -0.138. The Kier molecular flexibility index (Phi) is 4.83. The maximum absolute atomic E-state index is 12.4. The molecule has 1 aliphatic rings. The van der Waals surface area contributed by atoms with E-state index in [1.54, 1.807) is 4.90 Å². The average molecular weight is 438 g/mol. The van der Waals surface area contributed by atoms with Crippen LogP contribution in [0.25, 0.3) is 0 Å². The van der Waals surface area contributed by atoms with Gasteiger partial charge >= 0.3 is 5.97 Å². The van der Waals surface area contributed by atoms with Crippen LogP contribution in [0, 0.1) is 9.49 Å². The van der Waals surface area contributed by atoms with Crippen molar-refractivity contribution in [3.63, 3.8) is 0 Å². The van der Waals surface area contributed by atoms with Crippen molar-refractivity contribution < 1.29 is 14.7 Å². The number of carbonyl (C=O) groups is 2. The van der Waals surface area contributed by atoms with Crippen LogP contribution in [0.2, 0.25) is 0 Å². The summed E-state index contributed by atoms with van der Waals surface area (Å²) >= 11 is 5.56. The fraction of sp³-hybridized carbons (Fsp3) is 0.385.